The highest BCUT2D eigenvalue weighted by atomic mass is 79.9. The van der Waals surface area contributed by atoms with Gasteiger partial charge in [-0.2, -0.15) is 0 Å². The summed E-state index contributed by atoms with van der Waals surface area (Å²) in [4.78, 5) is 11.3. The van der Waals surface area contributed by atoms with E-state index in [1.807, 2.05) is 13.0 Å². The second kappa shape index (κ2) is 6.63. The van der Waals surface area contributed by atoms with Crippen molar-refractivity contribution in [2.75, 3.05) is 5.32 Å². The van der Waals surface area contributed by atoms with Gasteiger partial charge in [-0.1, -0.05) is 35.0 Å². The molecule has 0 radical (unpaired) electrons. The molecular formula is C16H16BrNO3. The topological polar surface area (TPSA) is 69.6 Å². The van der Waals surface area contributed by atoms with Crippen LogP contribution in [0.3, 0.4) is 0 Å². The van der Waals surface area contributed by atoms with Crippen LogP contribution in [0.5, 0.6) is 5.75 Å². The van der Waals surface area contributed by atoms with Crippen LogP contribution in [0.1, 0.15) is 35.3 Å². The quantitative estimate of drug-likeness (QED) is 0.747. The highest BCUT2D eigenvalue weighted by Crippen LogP contribution is 2.32. The predicted octanol–water partition coefficient (Wildman–Crippen LogP) is 4.42. The summed E-state index contributed by atoms with van der Waals surface area (Å²) in [6, 6.07) is 11.8. The zero-order valence-electron chi connectivity index (χ0n) is 11.5. The van der Waals surface area contributed by atoms with Crippen molar-refractivity contribution in [3.05, 3.63) is 58.1 Å². The van der Waals surface area contributed by atoms with Crippen LogP contribution in [0, 0.1) is 0 Å². The lowest BCUT2D eigenvalue weighted by Gasteiger charge is -2.21. The lowest BCUT2D eigenvalue weighted by atomic mass is 10.0. The average Bonchev–Trinajstić information content (AvgIpc) is 2.47. The maximum absolute atomic E-state index is 11.3. The zero-order chi connectivity index (χ0) is 15.4. The first kappa shape index (κ1) is 15.4. The predicted molar refractivity (Wildman–Crippen MR) is 85.9 cm³/mol. The summed E-state index contributed by atoms with van der Waals surface area (Å²) in [6.07, 6.45) is 0.706. The number of aromatic hydroxyl groups is 1. The molecule has 0 spiro atoms. The van der Waals surface area contributed by atoms with Crippen molar-refractivity contribution >= 4 is 27.6 Å². The SMILES string of the molecule is CCC(Nc1ccccc1C(=O)O)c1cc(Br)ccc1O. The van der Waals surface area contributed by atoms with Crippen molar-refractivity contribution in [2.45, 2.75) is 19.4 Å². The monoisotopic (exact) mass is 349 g/mol. The van der Waals surface area contributed by atoms with Gasteiger partial charge in [-0.05, 0) is 36.8 Å². The summed E-state index contributed by atoms with van der Waals surface area (Å²) in [7, 11) is 0. The molecule has 4 nitrogen and oxygen atoms in total. The van der Waals surface area contributed by atoms with E-state index in [1.165, 1.54) is 0 Å². The van der Waals surface area contributed by atoms with Crippen LogP contribution in [0.4, 0.5) is 5.69 Å². The number of carboxylic acid groups (broad SMARTS) is 1. The summed E-state index contributed by atoms with van der Waals surface area (Å²) < 4.78 is 0.863. The minimum atomic E-state index is -0.980. The molecule has 110 valence electrons. The molecule has 0 aromatic heterocycles. The Morgan fingerprint density at radius 2 is 2.00 bits per heavy atom. The number of hydrogen-bond donors (Lipinski definition) is 3. The summed E-state index contributed by atoms with van der Waals surface area (Å²) in [5, 5.41) is 22.4. The van der Waals surface area contributed by atoms with Crippen LogP contribution >= 0.6 is 15.9 Å². The molecule has 3 N–H and O–H groups in total. The number of phenols is 1. The minimum Gasteiger partial charge on any atom is -0.508 e. The Labute approximate surface area is 131 Å². The molecular weight excluding hydrogens is 334 g/mol. The Hall–Kier alpha value is -2.01. The van der Waals surface area contributed by atoms with Crippen LogP contribution in [-0.4, -0.2) is 16.2 Å². The molecule has 5 heteroatoms. The van der Waals surface area contributed by atoms with Gasteiger partial charge in [0.05, 0.1) is 11.6 Å². The molecule has 0 aliphatic carbocycles. The first-order valence-electron chi connectivity index (χ1n) is 6.60. The Bertz CT molecular complexity index is 658. The van der Waals surface area contributed by atoms with E-state index in [4.69, 9.17) is 0 Å². The maximum atomic E-state index is 11.3. The normalized spacial score (nSPS) is 11.9. The smallest absolute Gasteiger partial charge is 0.337 e. The van der Waals surface area contributed by atoms with Gasteiger partial charge < -0.3 is 15.5 Å². The minimum absolute atomic E-state index is 0.178. The molecule has 0 bridgehead atoms. The molecule has 0 aliphatic heterocycles. The van der Waals surface area contributed by atoms with Gasteiger partial charge in [0, 0.05) is 15.7 Å². The third-order valence-electron chi connectivity index (χ3n) is 3.26. The highest BCUT2D eigenvalue weighted by Gasteiger charge is 2.17. The van der Waals surface area contributed by atoms with Gasteiger partial charge in [0.25, 0.3) is 0 Å². The Morgan fingerprint density at radius 1 is 1.29 bits per heavy atom. The number of para-hydroxylation sites is 1. The standard InChI is InChI=1S/C16H16BrNO3/c1-2-13(12-9-10(17)7-8-15(12)19)18-14-6-4-3-5-11(14)16(20)21/h3-9,13,18-19H,2H2,1H3,(H,20,21). The van der Waals surface area contributed by atoms with Gasteiger partial charge in [0.1, 0.15) is 5.75 Å². The summed E-state index contributed by atoms with van der Waals surface area (Å²) in [5.74, 6) is -0.795. The zero-order valence-corrected chi connectivity index (χ0v) is 13.1. The number of carbonyl (C=O) groups is 1. The van der Waals surface area contributed by atoms with Crippen LogP contribution < -0.4 is 5.32 Å². The van der Waals surface area contributed by atoms with Crippen LogP contribution in [0.2, 0.25) is 0 Å². The molecule has 0 amide bonds. The molecule has 0 fully saturated rings. The number of rotatable bonds is 5. The first-order chi connectivity index (χ1) is 10.0. The summed E-state index contributed by atoms with van der Waals surface area (Å²) in [6.45, 7) is 1.97. The van der Waals surface area contributed by atoms with Crippen molar-refractivity contribution in [1.82, 2.24) is 0 Å². The number of hydrogen-bond acceptors (Lipinski definition) is 3. The van der Waals surface area contributed by atoms with E-state index >= 15 is 0 Å². The van der Waals surface area contributed by atoms with Crippen molar-refractivity contribution in [2.24, 2.45) is 0 Å². The van der Waals surface area contributed by atoms with Crippen LogP contribution in [0.15, 0.2) is 46.9 Å². The third kappa shape index (κ3) is 3.55. The van der Waals surface area contributed by atoms with E-state index in [0.717, 1.165) is 10.0 Å². The van der Waals surface area contributed by atoms with Gasteiger partial charge in [0.2, 0.25) is 0 Å². The first-order valence-corrected chi connectivity index (χ1v) is 7.39. The molecule has 1 unspecified atom stereocenters. The van der Waals surface area contributed by atoms with E-state index in [9.17, 15) is 15.0 Å². The molecule has 0 heterocycles. The second-order valence-electron chi connectivity index (χ2n) is 4.66. The lowest BCUT2D eigenvalue weighted by Crippen LogP contribution is -2.13. The summed E-state index contributed by atoms with van der Waals surface area (Å²) in [5.41, 5.74) is 1.48. The van der Waals surface area contributed by atoms with Gasteiger partial charge in [-0.25, -0.2) is 4.79 Å². The van der Waals surface area contributed by atoms with Gasteiger partial charge in [0.15, 0.2) is 0 Å². The fourth-order valence-electron chi connectivity index (χ4n) is 2.19. The summed E-state index contributed by atoms with van der Waals surface area (Å²) >= 11 is 3.38. The van der Waals surface area contributed by atoms with Crippen LogP contribution in [0.25, 0.3) is 0 Å². The Balaban J connectivity index is 2.36. The Kier molecular flexibility index (Phi) is 4.85. The number of phenolic OH excluding ortho intramolecular Hbond substituents is 1. The maximum Gasteiger partial charge on any atom is 0.337 e. The number of benzene rings is 2. The fraction of sp³-hybridized carbons (Fsp3) is 0.188. The van der Waals surface area contributed by atoms with E-state index in [-0.39, 0.29) is 17.4 Å². The van der Waals surface area contributed by atoms with Crippen molar-refractivity contribution in [3.8, 4) is 5.75 Å². The number of anilines is 1. The van der Waals surface area contributed by atoms with Gasteiger partial charge in [-0.3, -0.25) is 0 Å². The molecule has 0 aliphatic rings. The molecule has 0 saturated heterocycles. The van der Waals surface area contributed by atoms with Crippen LogP contribution in [-0.2, 0) is 0 Å². The molecule has 1 atom stereocenters. The molecule has 2 rings (SSSR count). The number of nitrogens with one attached hydrogen (secondary N) is 1. The van der Waals surface area contributed by atoms with E-state index in [2.05, 4.69) is 21.2 Å². The van der Waals surface area contributed by atoms with Gasteiger partial charge in [-0.15, -0.1) is 0 Å². The number of aromatic carboxylic acids is 1. The molecule has 2 aromatic carbocycles. The van der Waals surface area contributed by atoms with E-state index in [0.29, 0.717) is 12.1 Å². The van der Waals surface area contributed by atoms with Gasteiger partial charge >= 0.3 is 5.97 Å². The highest BCUT2D eigenvalue weighted by molar-refractivity contribution is 9.10. The number of carboxylic acids is 1. The van der Waals surface area contributed by atoms with Crippen molar-refractivity contribution in [3.63, 3.8) is 0 Å². The average molecular weight is 350 g/mol. The largest absolute Gasteiger partial charge is 0.508 e. The molecule has 2 aromatic rings. The van der Waals surface area contributed by atoms with E-state index < -0.39 is 5.97 Å². The van der Waals surface area contributed by atoms with Crippen molar-refractivity contribution in [1.29, 1.82) is 0 Å². The molecule has 21 heavy (non-hydrogen) atoms. The lowest BCUT2D eigenvalue weighted by molar-refractivity contribution is 0.0698. The second-order valence-corrected chi connectivity index (χ2v) is 5.57. The Morgan fingerprint density at radius 3 is 2.67 bits per heavy atom. The fourth-order valence-corrected chi connectivity index (χ4v) is 2.57. The van der Waals surface area contributed by atoms with E-state index in [1.54, 1.807) is 36.4 Å². The van der Waals surface area contributed by atoms with Crippen molar-refractivity contribution < 1.29 is 15.0 Å². The third-order valence-corrected chi connectivity index (χ3v) is 3.75. The molecule has 0 saturated carbocycles. The number of halogens is 1.